The predicted octanol–water partition coefficient (Wildman–Crippen LogP) is 0.0147. The topological polar surface area (TPSA) is 74.7 Å². The van der Waals surface area contributed by atoms with Crippen molar-refractivity contribution >= 4 is 18.0 Å². The highest BCUT2D eigenvalue weighted by Crippen LogP contribution is 1.84. The Balaban J connectivity index is 3.52. The van der Waals surface area contributed by atoms with Crippen LogP contribution in [0.2, 0.25) is 0 Å². The molecule has 1 heterocycles. The van der Waals surface area contributed by atoms with Crippen LogP contribution in [0.25, 0.3) is 0 Å². The second-order valence-electron chi connectivity index (χ2n) is 1.54. The van der Waals surface area contributed by atoms with Gasteiger partial charge in [0.25, 0.3) is 5.56 Å². The number of hydrogen-bond donors (Lipinski definition) is 3. The smallest absolute Gasteiger partial charge is 0.253 e. The van der Waals surface area contributed by atoms with Gasteiger partial charge >= 0.3 is 0 Å². The maximum absolute atomic E-state index is 10.5. The fourth-order valence-electron chi connectivity index (χ4n) is 0.488. The summed E-state index contributed by atoms with van der Waals surface area (Å²) < 4.78 is 0.250. The average molecular weight is 145 g/mol. The number of aromatic nitrogens is 2. The minimum absolute atomic E-state index is 0.250. The molecule has 0 unspecified atom stereocenters. The van der Waals surface area contributed by atoms with Gasteiger partial charge in [0.2, 0.25) is 0 Å². The van der Waals surface area contributed by atoms with Gasteiger partial charge in [0.1, 0.15) is 5.82 Å². The molecule has 0 saturated carbocycles. The summed E-state index contributed by atoms with van der Waals surface area (Å²) in [5, 5.41) is 0. The van der Waals surface area contributed by atoms with Gasteiger partial charge in [-0.05, 0) is 12.2 Å². The molecule has 1 aromatic rings. The van der Waals surface area contributed by atoms with Crippen LogP contribution < -0.4 is 11.3 Å². The van der Waals surface area contributed by atoms with Crippen LogP contribution in [0, 0.1) is 4.77 Å². The summed E-state index contributed by atoms with van der Waals surface area (Å²) in [6, 6.07) is 1.23. The summed E-state index contributed by atoms with van der Waals surface area (Å²) in [5.41, 5.74) is 4.94. The van der Waals surface area contributed by atoms with Crippen molar-refractivity contribution in [3.8, 4) is 0 Å². The molecule has 0 amide bonds. The lowest BCUT2D eigenvalue weighted by atomic mass is 10.6. The molecular formula is C4H5N3OS. The molecule has 0 radical (unpaired) electrons. The van der Waals surface area contributed by atoms with Gasteiger partial charge in [0, 0.05) is 6.07 Å². The number of nitrogen functional groups attached to an aromatic ring is 1. The first kappa shape index (κ1) is 6.03. The van der Waals surface area contributed by atoms with Crippen LogP contribution in [0.4, 0.5) is 5.82 Å². The number of aromatic amines is 2. The zero-order chi connectivity index (χ0) is 6.85. The normalized spacial score (nSPS) is 9.33. The van der Waals surface area contributed by atoms with Crippen LogP contribution in [-0.4, -0.2) is 9.97 Å². The fraction of sp³-hybridized carbons (Fsp3) is 0. The van der Waals surface area contributed by atoms with Crippen LogP contribution in [0.5, 0.6) is 0 Å². The van der Waals surface area contributed by atoms with E-state index in [4.69, 9.17) is 5.73 Å². The second kappa shape index (κ2) is 2.02. The number of anilines is 1. The zero-order valence-corrected chi connectivity index (χ0v) is 5.29. The number of H-pyrrole nitrogens is 2. The lowest BCUT2D eigenvalue weighted by Crippen LogP contribution is -2.07. The molecule has 0 bridgehead atoms. The highest BCUT2D eigenvalue weighted by Gasteiger charge is 1.84. The minimum atomic E-state index is -0.281. The average Bonchev–Trinajstić information content (AvgIpc) is 1.59. The molecule has 0 aliphatic carbocycles. The third kappa shape index (κ3) is 1.39. The molecule has 1 rings (SSSR count). The first-order valence-electron chi connectivity index (χ1n) is 2.27. The van der Waals surface area contributed by atoms with Crippen molar-refractivity contribution in [3.05, 3.63) is 21.2 Å². The summed E-state index contributed by atoms with van der Waals surface area (Å²) in [4.78, 5) is 15.4. The molecular weight excluding hydrogens is 140 g/mol. The van der Waals surface area contributed by atoms with Gasteiger partial charge in [-0.1, -0.05) is 0 Å². The van der Waals surface area contributed by atoms with Crippen molar-refractivity contribution in [2.24, 2.45) is 0 Å². The van der Waals surface area contributed by atoms with Crippen molar-refractivity contribution in [2.75, 3.05) is 5.73 Å². The Morgan fingerprint density at radius 2 is 2.33 bits per heavy atom. The van der Waals surface area contributed by atoms with Gasteiger partial charge in [-0.25, -0.2) is 0 Å². The van der Waals surface area contributed by atoms with E-state index >= 15 is 0 Å². The largest absolute Gasteiger partial charge is 0.385 e. The minimum Gasteiger partial charge on any atom is -0.385 e. The van der Waals surface area contributed by atoms with Crippen LogP contribution in [0.3, 0.4) is 0 Å². The monoisotopic (exact) mass is 145 g/mol. The summed E-state index contributed by atoms with van der Waals surface area (Å²) in [5.74, 6) is 0.281. The van der Waals surface area contributed by atoms with E-state index in [0.29, 0.717) is 0 Å². The van der Waals surface area contributed by atoms with E-state index in [2.05, 4.69) is 22.2 Å². The molecule has 0 aliphatic rings. The molecule has 1 aromatic heterocycles. The van der Waals surface area contributed by atoms with E-state index in [1.807, 2.05) is 0 Å². The Bertz CT molecular complexity index is 284. The molecule has 9 heavy (non-hydrogen) atoms. The van der Waals surface area contributed by atoms with Crippen molar-refractivity contribution in [1.29, 1.82) is 0 Å². The molecule has 5 heteroatoms. The quantitative estimate of drug-likeness (QED) is 0.450. The van der Waals surface area contributed by atoms with E-state index in [9.17, 15) is 4.79 Å². The number of nitrogens with two attached hydrogens (primary N) is 1. The Morgan fingerprint density at radius 1 is 1.67 bits per heavy atom. The van der Waals surface area contributed by atoms with Crippen LogP contribution in [-0.2, 0) is 0 Å². The Kier molecular flexibility index (Phi) is 1.35. The molecule has 4 N–H and O–H groups in total. The van der Waals surface area contributed by atoms with E-state index < -0.39 is 0 Å². The van der Waals surface area contributed by atoms with E-state index in [1.54, 1.807) is 0 Å². The van der Waals surface area contributed by atoms with Crippen molar-refractivity contribution in [2.45, 2.75) is 0 Å². The summed E-state index contributed by atoms with van der Waals surface area (Å²) in [7, 11) is 0. The Labute approximate surface area is 55.7 Å². The molecule has 4 nitrogen and oxygen atoms in total. The number of hydrogen-bond acceptors (Lipinski definition) is 3. The fourth-order valence-corrected chi connectivity index (χ4v) is 0.706. The van der Waals surface area contributed by atoms with E-state index in [0.717, 1.165) is 0 Å². The first-order valence-corrected chi connectivity index (χ1v) is 2.68. The molecule has 0 aliphatic heterocycles. The van der Waals surface area contributed by atoms with Crippen LogP contribution in [0.1, 0.15) is 0 Å². The Hall–Kier alpha value is -1.10. The Morgan fingerprint density at radius 3 is 2.78 bits per heavy atom. The molecule has 0 spiro atoms. The third-order valence-electron chi connectivity index (χ3n) is 0.781. The van der Waals surface area contributed by atoms with Gasteiger partial charge in [0.05, 0.1) is 0 Å². The van der Waals surface area contributed by atoms with Gasteiger partial charge in [-0.15, -0.1) is 0 Å². The highest BCUT2D eigenvalue weighted by molar-refractivity contribution is 7.71. The lowest BCUT2D eigenvalue weighted by Gasteiger charge is -1.87. The van der Waals surface area contributed by atoms with Gasteiger partial charge in [-0.2, -0.15) is 0 Å². The standard InChI is InChI=1S/C4H5N3OS/c5-2-1-3(8)7-4(9)6-2/h1H,(H4,5,6,7,8,9)/i4+2. The molecule has 0 aromatic carbocycles. The first-order chi connectivity index (χ1) is 4.18. The maximum atomic E-state index is 10.5. The van der Waals surface area contributed by atoms with Crippen molar-refractivity contribution < 1.29 is 0 Å². The molecule has 0 atom stereocenters. The van der Waals surface area contributed by atoms with E-state index in [1.165, 1.54) is 6.07 Å². The second-order valence-corrected chi connectivity index (χ2v) is 1.95. The van der Waals surface area contributed by atoms with Crippen molar-refractivity contribution in [3.63, 3.8) is 0 Å². The lowest BCUT2D eigenvalue weighted by molar-refractivity contribution is 1.10. The van der Waals surface area contributed by atoms with E-state index in [-0.39, 0.29) is 16.1 Å². The van der Waals surface area contributed by atoms with Crippen molar-refractivity contribution in [1.82, 2.24) is 9.97 Å². The summed E-state index contributed by atoms with van der Waals surface area (Å²) in [6.07, 6.45) is 0. The predicted molar refractivity (Wildman–Crippen MR) is 36.7 cm³/mol. The number of rotatable bonds is 0. The SMILES string of the molecule is Nc1cc(=O)[nH][14c](=S)[nH]1. The van der Waals surface area contributed by atoms with Gasteiger partial charge < -0.3 is 10.7 Å². The highest BCUT2D eigenvalue weighted by atomic mass is 32.1. The summed E-state index contributed by atoms with van der Waals surface area (Å²) >= 11 is 4.60. The summed E-state index contributed by atoms with van der Waals surface area (Å²) in [6.45, 7) is 0. The third-order valence-corrected chi connectivity index (χ3v) is 0.985. The zero-order valence-electron chi connectivity index (χ0n) is 4.47. The maximum Gasteiger partial charge on any atom is 0.253 e. The van der Waals surface area contributed by atoms with Crippen LogP contribution in [0.15, 0.2) is 10.9 Å². The van der Waals surface area contributed by atoms with Gasteiger partial charge in [0.15, 0.2) is 4.77 Å². The molecule has 0 saturated heterocycles. The van der Waals surface area contributed by atoms with Gasteiger partial charge in [-0.3, -0.25) is 9.78 Å². The molecule has 0 fully saturated rings. The van der Waals surface area contributed by atoms with Crippen LogP contribution >= 0.6 is 12.2 Å². The number of nitrogens with one attached hydrogen (secondary N) is 2. The molecule has 48 valence electrons.